The van der Waals surface area contributed by atoms with E-state index < -0.39 is 0 Å². The second-order valence-electron chi connectivity index (χ2n) is 4.11. The van der Waals surface area contributed by atoms with Gasteiger partial charge in [-0.25, -0.2) is 0 Å². The minimum absolute atomic E-state index is 0.471. The van der Waals surface area contributed by atoms with Crippen LogP contribution in [0.5, 0.6) is 0 Å². The van der Waals surface area contributed by atoms with Crippen LogP contribution in [0.2, 0.25) is 0 Å². The van der Waals surface area contributed by atoms with Gasteiger partial charge in [-0.05, 0) is 16.9 Å². The van der Waals surface area contributed by atoms with Crippen LogP contribution in [-0.2, 0) is 0 Å². The van der Waals surface area contributed by atoms with Crippen LogP contribution in [0.3, 0.4) is 0 Å². The third-order valence-corrected chi connectivity index (χ3v) is 2.93. The Bertz CT molecular complexity index is 284. The molecule has 1 fully saturated rings. The molecule has 0 spiro atoms. The van der Waals surface area contributed by atoms with Crippen molar-refractivity contribution in [3.05, 3.63) is 6.07 Å². The summed E-state index contributed by atoms with van der Waals surface area (Å²) in [4.78, 5) is 2.31. The van der Waals surface area contributed by atoms with Crippen LogP contribution in [0.4, 0.5) is 10.8 Å². The molecule has 0 aromatic carbocycles. The molecule has 1 saturated heterocycles. The lowest BCUT2D eigenvalue weighted by molar-refractivity contribution is 0.278. The molecule has 4 heteroatoms. The zero-order valence-electron chi connectivity index (χ0n) is 7.37. The maximum absolute atomic E-state index is 5.54. The van der Waals surface area contributed by atoms with Gasteiger partial charge in [0.1, 0.15) is 10.8 Å². The van der Waals surface area contributed by atoms with E-state index in [2.05, 4.69) is 23.1 Å². The smallest absolute Gasteiger partial charge is 0.139 e. The second-order valence-corrected chi connectivity index (χ2v) is 4.89. The zero-order chi connectivity index (χ0) is 8.77. The first kappa shape index (κ1) is 7.86. The van der Waals surface area contributed by atoms with E-state index in [0.717, 1.165) is 13.1 Å². The van der Waals surface area contributed by atoms with Crippen LogP contribution in [0.1, 0.15) is 13.8 Å². The van der Waals surface area contributed by atoms with E-state index in [-0.39, 0.29) is 0 Å². The average molecular weight is 183 g/mol. The highest BCUT2D eigenvalue weighted by molar-refractivity contribution is 7.10. The number of hydrogen-bond acceptors (Lipinski definition) is 4. The summed E-state index contributed by atoms with van der Waals surface area (Å²) in [6, 6.07) is 1.94. The Morgan fingerprint density at radius 2 is 2.25 bits per heavy atom. The van der Waals surface area contributed by atoms with Crippen LogP contribution in [0.25, 0.3) is 0 Å². The molecule has 2 N–H and O–H groups in total. The minimum Gasteiger partial charge on any atom is -0.383 e. The molecule has 2 rings (SSSR count). The molecule has 1 aromatic rings. The summed E-state index contributed by atoms with van der Waals surface area (Å²) in [5.74, 6) is 0.639. The molecule has 1 aliphatic rings. The van der Waals surface area contributed by atoms with Gasteiger partial charge in [-0.3, -0.25) is 0 Å². The van der Waals surface area contributed by atoms with Crippen LogP contribution < -0.4 is 10.6 Å². The van der Waals surface area contributed by atoms with Gasteiger partial charge < -0.3 is 10.6 Å². The molecule has 0 bridgehead atoms. The van der Waals surface area contributed by atoms with Crippen molar-refractivity contribution >= 4 is 22.4 Å². The van der Waals surface area contributed by atoms with E-state index >= 15 is 0 Å². The number of anilines is 2. The van der Waals surface area contributed by atoms with Gasteiger partial charge in [-0.1, -0.05) is 13.8 Å². The number of nitrogens with two attached hydrogens (primary N) is 1. The highest BCUT2D eigenvalue weighted by atomic mass is 32.1. The lowest BCUT2D eigenvalue weighted by atomic mass is 9.85. The van der Waals surface area contributed by atoms with E-state index in [9.17, 15) is 0 Å². The van der Waals surface area contributed by atoms with Crippen molar-refractivity contribution in [1.82, 2.24) is 4.37 Å². The van der Waals surface area contributed by atoms with Crippen molar-refractivity contribution in [3.63, 3.8) is 0 Å². The van der Waals surface area contributed by atoms with Crippen LogP contribution in [0.15, 0.2) is 6.07 Å². The van der Waals surface area contributed by atoms with Crippen molar-refractivity contribution in [2.45, 2.75) is 13.8 Å². The van der Waals surface area contributed by atoms with Gasteiger partial charge in [-0.15, -0.1) is 0 Å². The topological polar surface area (TPSA) is 42.1 Å². The lowest BCUT2D eigenvalue weighted by Crippen LogP contribution is -2.52. The number of nitrogen functional groups attached to an aromatic ring is 1. The maximum Gasteiger partial charge on any atom is 0.139 e. The summed E-state index contributed by atoms with van der Waals surface area (Å²) in [5, 5.41) is 1.20. The Balaban J connectivity index is 2.06. The van der Waals surface area contributed by atoms with Crippen molar-refractivity contribution < 1.29 is 0 Å². The average Bonchev–Trinajstić information content (AvgIpc) is 2.30. The first-order valence-corrected chi connectivity index (χ1v) is 4.81. The summed E-state index contributed by atoms with van der Waals surface area (Å²) in [7, 11) is 0. The maximum atomic E-state index is 5.54. The van der Waals surface area contributed by atoms with Gasteiger partial charge in [0.25, 0.3) is 0 Å². The van der Waals surface area contributed by atoms with Crippen LogP contribution in [-0.4, -0.2) is 17.5 Å². The van der Waals surface area contributed by atoms with Crippen molar-refractivity contribution in [3.8, 4) is 0 Å². The molecule has 0 radical (unpaired) electrons. The molecule has 0 saturated carbocycles. The SMILES string of the molecule is CC1(C)CN(c2cc(N)ns2)C1. The molecule has 12 heavy (non-hydrogen) atoms. The minimum atomic E-state index is 0.471. The third kappa shape index (κ3) is 1.27. The third-order valence-electron chi connectivity index (χ3n) is 2.07. The zero-order valence-corrected chi connectivity index (χ0v) is 8.19. The molecule has 3 nitrogen and oxygen atoms in total. The molecule has 0 atom stereocenters. The summed E-state index contributed by atoms with van der Waals surface area (Å²) >= 11 is 1.49. The van der Waals surface area contributed by atoms with Crippen molar-refractivity contribution in [2.75, 3.05) is 23.7 Å². The largest absolute Gasteiger partial charge is 0.383 e. The predicted molar refractivity (Wildman–Crippen MR) is 52.5 cm³/mol. The van der Waals surface area contributed by atoms with E-state index in [0.29, 0.717) is 11.2 Å². The van der Waals surface area contributed by atoms with Crippen LogP contribution in [0, 0.1) is 5.41 Å². The highest BCUT2D eigenvalue weighted by Gasteiger charge is 2.34. The van der Waals surface area contributed by atoms with Crippen LogP contribution >= 0.6 is 11.5 Å². The molecule has 1 aliphatic heterocycles. The first-order chi connectivity index (χ1) is 5.57. The van der Waals surface area contributed by atoms with E-state index in [1.165, 1.54) is 16.5 Å². The fraction of sp³-hybridized carbons (Fsp3) is 0.625. The van der Waals surface area contributed by atoms with Gasteiger partial charge in [0.15, 0.2) is 0 Å². The summed E-state index contributed by atoms with van der Waals surface area (Å²) in [6.45, 7) is 6.78. The molecule has 0 aliphatic carbocycles. The van der Waals surface area contributed by atoms with Gasteiger partial charge >= 0.3 is 0 Å². The molecule has 0 amide bonds. The summed E-state index contributed by atoms with van der Waals surface area (Å²) in [5.41, 5.74) is 6.01. The fourth-order valence-electron chi connectivity index (χ4n) is 1.57. The Morgan fingerprint density at radius 3 is 2.67 bits per heavy atom. The molecular formula is C8H13N3S. The second kappa shape index (κ2) is 2.36. The van der Waals surface area contributed by atoms with E-state index in [1.54, 1.807) is 0 Å². The Hall–Kier alpha value is -0.770. The number of aromatic nitrogens is 1. The number of nitrogens with zero attached hydrogens (tertiary/aromatic N) is 2. The predicted octanol–water partition coefficient (Wildman–Crippen LogP) is 1.57. The standard InChI is InChI=1S/C8H13N3S/c1-8(2)4-11(5-8)7-3-6(9)10-12-7/h3H,4-5H2,1-2H3,(H2,9,10). The fourth-order valence-corrected chi connectivity index (χ4v) is 2.24. The Labute approximate surface area is 76.4 Å². The summed E-state index contributed by atoms with van der Waals surface area (Å²) < 4.78 is 4.05. The highest BCUT2D eigenvalue weighted by Crippen LogP contribution is 2.35. The van der Waals surface area contributed by atoms with Crippen molar-refractivity contribution in [2.24, 2.45) is 5.41 Å². The van der Waals surface area contributed by atoms with Gasteiger partial charge in [0.05, 0.1) is 0 Å². The number of hydrogen-bond donors (Lipinski definition) is 1. The molecule has 1 aromatic heterocycles. The Morgan fingerprint density at radius 1 is 1.58 bits per heavy atom. The van der Waals surface area contributed by atoms with Gasteiger partial charge in [0, 0.05) is 19.2 Å². The molecule has 2 heterocycles. The van der Waals surface area contributed by atoms with Gasteiger partial charge in [-0.2, -0.15) is 4.37 Å². The Kier molecular flexibility index (Phi) is 1.54. The quantitative estimate of drug-likeness (QED) is 0.718. The lowest BCUT2D eigenvalue weighted by Gasteiger charge is -2.46. The monoisotopic (exact) mass is 183 g/mol. The van der Waals surface area contributed by atoms with E-state index in [4.69, 9.17) is 5.73 Å². The normalized spacial score (nSPS) is 20.7. The molecule has 66 valence electrons. The first-order valence-electron chi connectivity index (χ1n) is 4.04. The summed E-state index contributed by atoms with van der Waals surface area (Å²) in [6.07, 6.45) is 0. The van der Waals surface area contributed by atoms with Crippen molar-refractivity contribution in [1.29, 1.82) is 0 Å². The molecular weight excluding hydrogens is 170 g/mol. The molecule has 0 unspecified atom stereocenters. The van der Waals surface area contributed by atoms with E-state index in [1.807, 2.05) is 6.07 Å². The van der Waals surface area contributed by atoms with Gasteiger partial charge in [0.2, 0.25) is 0 Å². The number of rotatable bonds is 1.